The van der Waals surface area contributed by atoms with Crippen LogP contribution in [0.5, 0.6) is 5.75 Å². The first-order valence-electron chi connectivity index (χ1n) is 10.2. The Bertz CT molecular complexity index is 798. The molecule has 0 bridgehead atoms. The van der Waals surface area contributed by atoms with Crippen molar-refractivity contribution in [2.45, 2.75) is 26.5 Å². The predicted molar refractivity (Wildman–Crippen MR) is 114 cm³/mol. The van der Waals surface area contributed by atoms with E-state index in [0.717, 1.165) is 37.6 Å². The lowest BCUT2D eigenvalue weighted by molar-refractivity contribution is 0.0906. The first-order chi connectivity index (χ1) is 14.2. The van der Waals surface area contributed by atoms with Crippen molar-refractivity contribution in [2.24, 2.45) is 10.9 Å². The molecule has 0 aromatic heterocycles. The number of guanidine groups is 1. The van der Waals surface area contributed by atoms with Gasteiger partial charge in [0.2, 0.25) is 0 Å². The van der Waals surface area contributed by atoms with Gasteiger partial charge in [0.1, 0.15) is 0 Å². The van der Waals surface area contributed by atoms with Gasteiger partial charge in [-0.25, -0.2) is 4.39 Å². The minimum Gasteiger partial charge on any atom is -0.491 e. The third-order valence-electron chi connectivity index (χ3n) is 5.01. The van der Waals surface area contributed by atoms with Crippen LogP contribution in [0.15, 0.2) is 53.5 Å². The van der Waals surface area contributed by atoms with Crippen molar-refractivity contribution in [3.63, 3.8) is 0 Å². The van der Waals surface area contributed by atoms with E-state index in [1.807, 2.05) is 31.2 Å². The van der Waals surface area contributed by atoms with E-state index in [9.17, 15) is 4.39 Å². The molecule has 1 aliphatic heterocycles. The number of hydrogen-bond acceptors (Lipinski definition) is 3. The van der Waals surface area contributed by atoms with E-state index in [0.29, 0.717) is 31.4 Å². The molecule has 5 nitrogen and oxygen atoms in total. The number of aliphatic imine (C=N–C) groups is 1. The Hall–Kier alpha value is -2.60. The maximum absolute atomic E-state index is 14.0. The molecule has 29 heavy (non-hydrogen) atoms. The number of nitrogens with zero attached hydrogens (tertiary/aromatic N) is 2. The summed E-state index contributed by atoms with van der Waals surface area (Å²) in [6, 6.07) is 15.3. The summed E-state index contributed by atoms with van der Waals surface area (Å²) in [5.74, 6) is 1.28. The number of nitrogens with one attached hydrogen (secondary N) is 1. The van der Waals surface area contributed by atoms with Crippen molar-refractivity contribution in [1.82, 2.24) is 10.2 Å². The molecule has 1 saturated heterocycles. The zero-order valence-corrected chi connectivity index (χ0v) is 17.2. The van der Waals surface area contributed by atoms with E-state index in [-0.39, 0.29) is 5.82 Å². The van der Waals surface area contributed by atoms with Gasteiger partial charge in [-0.2, -0.15) is 0 Å². The van der Waals surface area contributed by atoms with Gasteiger partial charge in [-0.15, -0.1) is 0 Å². The van der Waals surface area contributed by atoms with E-state index in [2.05, 4.69) is 27.3 Å². The average molecular weight is 400 g/mol. The molecule has 0 aliphatic carbocycles. The van der Waals surface area contributed by atoms with E-state index in [1.54, 1.807) is 13.1 Å². The summed E-state index contributed by atoms with van der Waals surface area (Å²) in [7, 11) is 1.78. The van der Waals surface area contributed by atoms with Crippen LogP contribution in [0.1, 0.15) is 24.5 Å². The molecule has 1 fully saturated rings. The summed E-state index contributed by atoms with van der Waals surface area (Å²) in [5.41, 5.74) is 2.05. The van der Waals surface area contributed by atoms with Gasteiger partial charge < -0.3 is 19.7 Å². The summed E-state index contributed by atoms with van der Waals surface area (Å²) >= 11 is 0. The Balaban J connectivity index is 1.44. The molecule has 0 radical (unpaired) electrons. The number of rotatable bonds is 8. The highest BCUT2D eigenvalue weighted by atomic mass is 19.1. The molecule has 3 rings (SSSR count). The van der Waals surface area contributed by atoms with Crippen molar-refractivity contribution in [2.75, 3.05) is 33.4 Å². The molecule has 0 saturated carbocycles. The van der Waals surface area contributed by atoms with Gasteiger partial charge >= 0.3 is 0 Å². The van der Waals surface area contributed by atoms with Crippen LogP contribution in [0.25, 0.3) is 0 Å². The van der Waals surface area contributed by atoms with Crippen molar-refractivity contribution >= 4 is 5.96 Å². The Kier molecular flexibility index (Phi) is 7.87. The summed E-state index contributed by atoms with van der Waals surface area (Å²) < 4.78 is 25.2. The molecule has 1 heterocycles. The number of benzene rings is 2. The fraction of sp³-hybridized carbons (Fsp3) is 0.435. The summed E-state index contributed by atoms with van der Waals surface area (Å²) in [4.78, 5) is 6.63. The van der Waals surface area contributed by atoms with Crippen LogP contribution >= 0.6 is 0 Å². The van der Waals surface area contributed by atoms with E-state index < -0.39 is 0 Å². The molecule has 0 amide bonds. The molecule has 1 atom stereocenters. The largest absolute Gasteiger partial charge is 0.491 e. The Morgan fingerprint density at radius 3 is 2.76 bits per heavy atom. The fourth-order valence-corrected chi connectivity index (χ4v) is 3.52. The second-order valence-corrected chi connectivity index (χ2v) is 7.20. The second kappa shape index (κ2) is 10.8. The smallest absolute Gasteiger partial charge is 0.193 e. The van der Waals surface area contributed by atoms with Crippen LogP contribution in [0.2, 0.25) is 0 Å². The second-order valence-electron chi connectivity index (χ2n) is 7.20. The first-order valence-corrected chi connectivity index (χ1v) is 10.2. The van der Waals surface area contributed by atoms with Gasteiger partial charge in [-0.1, -0.05) is 36.4 Å². The molecule has 0 spiro atoms. The van der Waals surface area contributed by atoms with Crippen molar-refractivity contribution in [1.29, 1.82) is 0 Å². The van der Waals surface area contributed by atoms with Gasteiger partial charge in [0.15, 0.2) is 17.5 Å². The SMILES string of the molecule is CCOc1ccc(CNC(=NC)N2CCC(COCc3ccccc3)C2)cc1F. The lowest BCUT2D eigenvalue weighted by Gasteiger charge is -2.22. The maximum Gasteiger partial charge on any atom is 0.193 e. The van der Waals surface area contributed by atoms with E-state index in [4.69, 9.17) is 9.47 Å². The van der Waals surface area contributed by atoms with Gasteiger partial charge in [0.05, 0.1) is 19.8 Å². The third kappa shape index (κ3) is 6.19. The number of halogens is 1. The highest BCUT2D eigenvalue weighted by Crippen LogP contribution is 2.19. The summed E-state index contributed by atoms with van der Waals surface area (Å²) in [5, 5.41) is 3.34. The van der Waals surface area contributed by atoms with Crippen molar-refractivity contribution in [3.05, 3.63) is 65.5 Å². The summed E-state index contributed by atoms with van der Waals surface area (Å²) in [6.07, 6.45) is 1.08. The van der Waals surface area contributed by atoms with Crippen molar-refractivity contribution < 1.29 is 13.9 Å². The predicted octanol–water partition coefficient (Wildman–Crippen LogP) is 3.84. The van der Waals surface area contributed by atoms with Crippen LogP contribution in [0.4, 0.5) is 4.39 Å². The molecular weight excluding hydrogens is 369 g/mol. The minimum absolute atomic E-state index is 0.290. The zero-order chi connectivity index (χ0) is 20.5. The number of ether oxygens (including phenoxy) is 2. The van der Waals surface area contributed by atoms with Crippen LogP contribution in [-0.2, 0) is 17.9 Å². The lowest BCUT2D eigenvalue weighted by atomic mass is 10.1. The maximum atomic E-state index is 14.0. The molecule has 1 N–H and O–H groups in total. The van der Waals surface area contributed by atoms with E-state index in [1.165, 1.54) is 11.6 Å². The Labute approximate surface area is 172 Å². The highest BCUT2D eigenvalue weighted by molar-refractivity contribution is 5.80. The van der Waals surface area contributed by atoms with Crippen LogP contribution in [-0.4, -0.2) is 44.2 Å². The Morgan fingerprint density at radius 2 is 2.03 bits per heavy atom. The van der Waals surface area contributed by atoms with Crippen molar-refractivity contribution in [3.8, 4) is 5.75 Å². The fourth-order valence-electron chi connectivity index (χ4n) is 3.52. The van der Waals surface area contributed by atoms with Gasteiger partial charge in [-0.05, 0) is 36.6 Å². The average Bonchev–Trinajstić information content (AvgIpc) is 3.20. The molecule has 1 aliphatic rings. The van der Waals surface area contributed by atoms with Gasteiger partial charge in [-0.3, -0.25) is 4.99 Å². The van der Waals surface area contributed by atoms with E-state index >= 15 is 0 Å². The summed E-state index contributed by atoms with van der Waals surface area (Å²) in [6.45, 7) is 6.05. The Morgan fingerprint density at radius 1 is 1.21 bits per heavy atom. The van der Waals surface area contributed by atoms with Gasteiger partial charge in [0, 0.05) is 32.6 Å². The number of hydrogen-bond donors (Lipinski definition) is 1. The molecule has 2 aromatic rings. The van der Waals surface area contributed by atoms with Crippen LogP contribution in [0.3, 0.4) is 0 Å². The highest BCUT2D eigenvalue weighted by Gasteiger charge is 2.25. The third-order valence-corrected chi connectivity index (χ3v) is 5.01. The van der Waals surface area contributed by atoms with Crippen LogP contribution in [0, 0.1) is 11.7 Å². The zero-order valence-electron chi connectivity index (χ0n) is 17.2. The normalized spacial score (nSPS) is 16.9. The molecule has 6 heteroatoms. The lowest BCUT2D eigenvalue weighted by Crippen LogP contribution is -2.39. The molecule has 156 valence electrons. The molecule has 2 aromatic carbocycles. The van der Waals surface area contributed by atoms with Gasteiger partial charge in [0.25, 0.3) is 0 Å². The van der Waals surface area contributed by atoms with Crippen LogP contribution < -0.4 is 10.1 Å². The molecular formula is C23H30FN3O2. The molecule has 1 unspecified atom stereocenters. The number of likely N-dealkylation sites (tertiary alicyclic amines) is 1. The quantitative estimate of drug-likeness (QED) is 0.541. The topological polar surface area (TPSA) is 46.1 Å². The first kappa shape index (κ1) is 21.1. The standard InChI is InChI=1S/C23H30FN3O2/c1-3-29-22-10-9-19(13-21(22)24)14-26-23(25-2)27-12-11-20(15-27)17-28-16-18-7-5-4-6-8-18/h4-10,13,20H,3,11-12,14-17H2,1-2H3,(H,25,26). The monoisotopic (exact) mass is 399 g/mol. The minimum atomic E-state index is -0.335.